The van der Waals surface area contributed by atoms with E-state index in [2.05, 4.69) is 24.4 Å². The summed E-state index contributed by atoms with van der Waals surface area (Å²) >= 11 is 1.75. The van der Waals surface area contributed by atoms with E-state index in [0.29, 0.717) is 25.7 Å². The zero-order chi connectivity index (χ0) is 19.2. The Kier molecular flexibility index (Phi) is 6.74. The first-order valence-corrected chi connectivity index (χ1v) is 10.2. The molecule has 1 fully saturated rings. The molecule has 27 heavy (non-hydrogen) atoms. The Morgan fingerprint density at radius 1 is 1.19 bits per heavy atom. The van der Waals surface area contributed by atoms with Gasteiger partial charge in [-0.1, -0.05) is 6.07 Å². The number of hydrogen-bond donors (Lipinski definition) is 1. The maximum atomic E-state index is 12.8. The van der Waals surface area contributed by atoms with Crippen LogP contribution in [0.2, 0.25) is 0 Å². The quantitative estimate of drug-likeness (QED) is 0.678. The van der Waals surface area contributed by atoms with Gasteiger partial charge in [-0.25, -0.2) is 0 Å². The molecular formula is C21H28N2O3S. The van der Waals surface area contributed by atoms with Crippen molar-refractivity contribution in [1.29, 1.82) is 0 Å². The zero-order valence-electron chi connectivity index (χ0n) is 16.3. The molecular weight excluding hydrogens is 360 g/mol. The highest BCUT2D eigenvalue weighted by molar-refractivity contribution is 7.11. The molecule has 1 aliphatic carbocycles. The lowest BCUT2D eigenvalue weighted by atomic mass is 10.1. The Hall–Kier alpha value is -2.05. The molecule has 0 bridgehead atoms. The minimum absolute atomic E-state index is 0.161. The summed E-state index contributed by atoms with van der Waals surface area (Å²) in [5, 5.41) is 3.33. The second kappa shape index (κ2) is 9.24. The lowest BCUT2D eigenvalue weighted by Gasteiger charge is -2.23. The van der Waals surface area contributed by atoms with Crippen molar-refractivity contribution in [1.82, 2.24) is 10.2 Å². The summed E-state index contributed by atoms with van der Waals surface area (Å²) < 4.78 is 10.7. The average Bonchev–Trinajstić information content (AvgIpc) is 3.43. The predicted octanol–water partition coefficient (Wildman–Crippen LogP) is 3.40. The number of rotatable bonds is 10. The number of nitrogens with zero attached hydrogens (tertiary/aromatic N) is 1. The van der Waals surface area contributed by atoms with Gasteiger partial charge in [0.1, 0.15) is 0 Å². The number of hydrogen-bond acceptors (Lipinski definition) is 5. The number of methoxy groups -OCH3 is 2. The van der Waals surface area contributed by atoms with Crippen LogP contribution in [0.1, 0.15) is 28.2 Å². The Balaban J connectivity index is 1.65. The standard InChI is InChI=1S/C21H28N2O3S/c1-15-4-8-18(27-15)14-23(21(24)13-22-17-6-7-17)11-10-16-5-9-19(25-2)20(12-16)26-3/h4-5,8-9,12,17,22H,6-7,10-11,13-14H2,1-3H3. The number of carbonyl (C=O) groups is 1. The molecule has 146 valence electrons. The van der Waals surface area contributed by atoms with Gasteiger partial charge in [0.2, 0.25) is 5.91 Å². The normalized spacial score (nSPS) is 13.4. The van der Waals surface area contributed by atoms with Crippen LogP contribution in [0.3, 0.4) is 0 Å². The molecule has 1 heterocycles. The van der Waals surface area contributed by atoms with E-state index < -0.39 is 0 Å². The molecule has 6 heteroatoms. The summed E-state index contributed by atoms with van der Waals surface area (Å²) in [5.74, 6) is 1.60. The van der Waals surface area contributed by atoms with E-state index in [-0.39, 0.29) is 5.91 Å². The van der Waals surface area contributed by atoms with E-state index in [0.717, 1.165) is 23.5 Å². The van der Waals surface area contributed by atoms with Crippen LogP contribution < -0.4 is 14.8 Å². The molecule has 1 N–H and O–H groups in total. The molecule has 0 atom stereocenters. The van der Waals surface area contributed by atoms with Gasteiger partial charge < -0.3 is 19.7 Å². The van der Waals surface area contributed by atoms with Crippen molar-refractivity contribution in [3.63, 3.8) is 0 Å². The van der Waals surface area contributed by atoms with E-state index in [1.165, 1.54) is 22.6 Å². The van der Waals surface area contributed by atoms with Gasteiger partial charge in [0, 0.05) is 22.3 Å². The van der Waals surface area contributed by atoms with Gasteiger partial charge in [0.25, 0.3) is 0 Å². The van der Waals surface area contributed by atoms with Crippen LogP contribution in [-0.2, 0) is 17.8 Å². The third kappa shape index (κ3) is 5.71. The molecule has 1 amide bonds. The fourth-order valence-electron chi connectivity index (χ4n) is 2.98. The highest BCUT2D eigenvalue weighted by atomic mass is 32.1. The number of benzene rings is 1. The molecule has 1 aliphatic rings. The number of ether oxygens (including phenoxy) is 2. The number of nitrogens with one attached hydrogen (secondary N) is 1. The zero-order valence-corrected chi connectivity index (χ0v) is 17.1. The van der Waals surface area contributed by atoms with Gasteiger partial charge in [-0.15, -0.1) is 11.3 Å². The van der Waals surface area contributed by atoms with Gasteiger partial charge in [-0.05, 0) is 56.0 Å². The van der Waals surface area contributed by atoms with Crippen LogP contribution in [0.5, 0.6) is 11.5 Å². The molecule has 1 aromatic carbocycles. The second-order valence-electron chi connectivity index (χ2n) is 6.92. The number of carbonyl (C=O) groups excluding carboxylic acids is 1. The molecule has 1 aromatic heterocycles. The van der Waals surface area contributed by atoms with Crippen molar-refractivity contribution in [3.8, 4) is 11.5 Å². The van der Waals surface area contributed by atoms with Crippen LogP contribution in [0.25, 0.3) is 0 Å². The largest absolute Gasteiger partial charge is 0.493 e. The SMILES string of the molecule is COc1ccc(CCN(Cc2ccc(C)s2)C(=O)CNC2CC2)cc1OC. The first kappa shape index (κ1) is 19.7. The van der Waals surface area contributed by atoms with Gasteiger partial charge in [-0.2, -0.15) is 0 Å². The predicted molar refractivity (Wildman–Crippen MR) is 109 cm³/mol. The average molecular weight is 389 g/mol. The van der Waals surface area contributed by atoms with Gasteiger partial charge >= 0.3 is 0 Å². The van der Waals surface area contributed by atoms with Crippen LogP contribution >= 0.6 is 11.3 Å². The van der Waals surface area contributed by atoms with Crippen LogP contribution in [-0.4, -0.2) is 44.2 Å². The highest BCUT2D eigenvalue weighted by Crippen LogP contribution is 2.28. The molecule has 2 aromatic rings. The lowest BCUT2D eigenvalue weighted by molar-refractivity contribution is -0.130. The first-order chi connectivity index (χ1) is 13.1. The fraction of sp³-hybridized carbons (Fsp3) is 0.476. The van der Waals surface area contributed by atoms with Gasteiger partial charge in [-0.3, -0.25) is 4.79 Å². The maximum absolute atomic E-state index is 12.8. The highest BCUT2D eigenvalue weighted by Gasteiger charge is 2.23. The molecule has 3 rings (SSSR count). The third-order valence-electron chi connectivity index (χ3n) is 4.73. The second-order valence-corrected chi connectivity index (χ2v) is 8.29. The lowest BCUT2D eigenvalue weighted by Crippen LogP contribution is -2.39. The molecule has 0 unspecified atom stereocenters. The number of aryl methyl sites for hydroxylation is 1. The summed E-state index contributed by atoms with van der Waals surface area (Å²) in [6.07, 6.45) is 3.14. The molecule has 1 saturated carbocycles. The van der Waals surface area contributed by atoms with E-state index >= 15 is 0 Å². The van der Waals surface area contributed by atoms with Gasteiger partial charge in [0.05, 0.1) is 27.3 Å². The Bertz CT molecular complexity index is 771. The Morgan fingerprint density at radius 3 is 2.59 bits per heavy atom. The fourth-order valence-corrected chi connectivity index (χ4v) is 3.89. The summed E-state index contributed by atoms with van der Waals surface area (Å²) in [5.41, 5.74) is 1.13. The summed E-state index contributed by atoms with van der Waals surface area (Å²) in [6, 6.07) is 10.7. The first-order valence-electron chi connectivity index (χ1n) is 9.36. The smallest absolute Gasteiger partial charge is 0.236 e. The number of thiophene rings is 1. The Morgan fingerprint density at radius 2 is 1.96 bits per heavy atom. The van der Waals surface area contributed by atoms with Crippen molar-refractivity contribution in [2.75, 3.05) is 27.3 Å². The van der Waals surface area contributed by atoms with E-state index in [4.69, 9.17) is 9.47 Å². The maximum Gasteiger partial charge on any atom is 0.236 e. The van der Waals surface area contributed by atoms with Gasteiger partial charge in [0.15, 0.2) is 11.5 Å². The van der Waals surface area contributed by atoms with E-state index in [1.807, 2.05) is 23.1 Å². The minimum Gasteiger partial charge on any atom is -0.493 e. The topological polar surface area (TPSA) is 50.8 Å². The third-order valence-corrected chi connectivity index (χ3v) is 5.72. The summed E-state index contributed by atoms with van der Waals surface area (Å²) in [4.78, 5) is 17.2. The van der Waals surface area contributed by atoms with Crippen LogP contribution in [0.4, 0.5) is 0 Å². The van der Waals surface area contributed by atoms with E-state index in [9.17, 15) is 4.79 Å². The molecule has 0 saturated heterocycles. The minimum atomic E-state index is 0.161. The molecule has 5 nitrogen and oxygen atoms in total. The molecule has 0 aliphatic heterocycles. The number of amides is 1. The van der Waals surface area contributed by atoms with E-state index in [1.54, 1.807) is 25.6 Å². The van der Waals surface area contributed by atoms with Crippen LogP contribution in [0.15, 0.2) is 30.3 Å². The van der Waals surface area contributed by atoms with Crippen LogP contribution in [0, 0.1) is 6.92 Å². The summed E-state index contributed by atoms with van der Waals surface area (Å²) in [6.45, 7) is 3.86. The Labute approximate surface area is 165 Å². The molecule has 0 spiro atoms. The molecule has 0 radical (unpaired) electrons. The van der Waals surface area contributed by atoms with Crippen molar-refractivity contribution in [2.45, 2.75) is 38.8 Å². The summed E-state index contributed by atoms with van der Waals surface area (Å²) in [7, 11) is 3.27. The van der Waals surface area contributed by atoms with Crippen molar-refractivity contribution in [3.05, 3.63) is 45.6 Å². The van der Waals surface area contributed by atoms with Crippen molar-refractivity contribution in [2.24, 2.45) is 0 Å². The van der Waals surface area contributed by atoms with Crippen molar-refractivity contribution >= 4 is 17.2 Å². The van der Waals surface area contributed by atoms with Crippen molar-refractivity contribution < 1.29 is 14.3 Å². The monoisotopic (exact) mass is 388 g/mol.